The van der Waals surface area contributed by atoms with E-state index in [1.807, 2.05) is 0 Å². The second-order valence-corrected chi connectivity index (χ2v) is 27.7. The number of Topliss-reactive ketones (excluding diaryl/α,β-unsaturated/α-hetero) is 2. The van der Waals surface area contributed by atoms with E-state index in [9.17, 15) is 51.4 Å². The largest absolute Gasteiger partial charge is 0.466 e. The molecule has 0 aromatic heterocycles. The Morgan fingerprint density at radius 3 is 0.951 bits per heavy atom. The summed E-state index contributed by atoms with van der Waals surface area (Å²) in [7, 11) is -18.6. The minimum atomic E-state index is -3.28. The summed E-state index contributed by atoms with van der Waals surface area (Å²) in [6.45, 7) is 38.8. The normalized spacial score (nSPS) is 11.7. The zero-order valence-electron chi connectivity index (χ0n) is 52.4. The minimum Gasteiger partial charge on any atom is -0.466 e. The van der Waals surface area contributed by atoms with Gasteiger partial charge >= 0.3 is 63.5 Å². The standard InChI is InChI=1S/C11H21O5P.C9H19O5P.C8H17O5P.C8H17O4P.C7H15O4P.C7H15O3P/c1-5-14-11(12)8-10(4)9-17(13,15-6-2)16-7-3;1-4-12-9(10)7-8-15(11,13-5-2)14-6-3;1-4-11-8(9)7-14(10,12-5-2)13-6-3;1-4-8(9)7-13(10,11-5-2)12-6-3;1-4-10-12(9,11-5-2)6-7(3)8;1-4-7-11(8,9-5-2)10-6-3/h8H,5-7,9H2,1-4H3;4-8H2,1-3H3;4-7H2,1-3H3;4-7H2,1-3H3;4-6H2,1-3H3;4H,1,5-7H2,2-3H3/b10-8+;;;;;. The molecule has 0 bridgehead atoms. The Balaban J connectivity index is -0.000000212. The van der Waals surface area contributed by atoms with E-state index in [2.05, 4.69) is 11.3 Å². The van der Waals surface area contributed by atoms with Crippen LogP contribution in [0.2, 0.25) is 0 Å². The van der Waals surface area contributed by atoms with Gasteiger partial charge in [-0.25, -0.2) is 4.79 Å². The first-order valence-corrected chi connectivity index (χ1v) is 37.8. The molecule has 32 heteroatoms. The molecule has 0 saturated carbocycles. The SMILES string of the molecule is C=CCP(=O)(OCC)OCC.CCOC(=O)/C=C(\C)CP(=O)(OCC)OCC.CCOC(=O)CCP(=O)(OCC)OCC.CCOC(=O)CP(=O)(OCC)OCC.CCOP(=O)(CC(=O)CC)OCC.CCOP(=O)(CC(C)=O)OCC. The zero-order valence-corrected chi connectivity index (χ0v) is 57.8. The first-order valence-electron chi connectivity index (χ1n) is 27.5. The van der Waals surface area contributed by atoms with Gasteiger partial charge in [0.15, 0.2) is 0 Å². The van der Waals surface area contributed by atoms with Gasteiger partial charge < -0.3 is 68.5 Å². The van der Waals surface area contributed by atoms with Crippen LogP contribution in [-0.2, 0) is 120 Å². The van der Waals surface area contributed by atoms with E-state index >= 15 is 0 Å². The molecule has 0 N–H and O–H groups in total. The van der Waals surface area contributed by atoms with Crippen LogP contribution in [0.25, 0.3) is 0 Å². The van der Waals surface area contributed by atoms with Gasteiger partial charge in [0.2, 0.25) is 0 Å². The van der Waals surface area contributed by atoms with Crippen molar-refractivity contribution in [1.29, 1.82) is 0 Å². The molecule has 0 aliphatic heterocycles. The number of allylic oxidation sites excluding steroid dienone is 2. The maximum atomic E-state index is 12.1. The van der Waals surface area contributed by atoms with Crippen LogP contribution in [0.4, 0.5) is 0 Å². The van der Waals surface area contributed by atoms with E-state index in [-0.39, 0.29) is 80.7 Å². The quantitative estimate of drug-likeness (QED) is 0.0180. The molecular formula is C50H104O26P6. The van der Waals surface area contributed by atoms with Crippen LogP contribution >= 0.6 is 45.6 Å². The first-order chi connectivity index (χ1) is 38.4. The monoisotopic (exact) mass is 1310 g/mol. The number of ketones is 2. The zero-order chi connectivity index (χ0) is 64.7. The minimum absolute atomic E-state index is 0.0606. The molecule has 0 aliphatic carbocycles. The number of carbonyl (C=O) groups excluding carboxylic acids is 5. The summed E-state index contributed by atoms with van der Waals surface area (Å²) >= 11 is 0. The van der Waals surface area contributed by atoms with Crippen molar-refractivity contribution >= 4 is 75.0 Å². The summed E-state index contributed by atoms with van der Waals surface area (Å²) < 4.78 is 144. The lowest BCUT2D eigenvalue weighted by Gasteiger charge is -2.16. The van der Waals surface area contributed by atoms with Gasteiger partial charge in [0, 0.05) is 12.5 Å². The van der Waals surface area contributed by atoms with E-state index in [0.717, 1.165) is 0 Å². The summed E-state index contributed by atoms with van der Waals surface area (Å²) in [5, 5.41) is 0. The summed E-state index contributed by atoms with van der Waals surface area (Å²) in [6.07, 6.45) is 3.20. The molecule has 0 atom stereocenters. The van der Waals surface area contributed by atoms with Gasteiger partial charge in [-0.15, -0.1) is 6.58 Å². The van der Waals surface area contributed by atoms with Gasteiger partial charge in [0.05, 0.1) is 124 Å². The molecule has 0 rings (SSSR count). The Kier molecular flexibility index (Phi) is 63.4. The van der Waals surface area contributed by atoms with E-state index in [0.29, 0.717) is 91.3 Å². The summed E-state index contributed by atoms with van der Waals surface area (Å²) in [5.41, 5.74) is 0.619. The molecule has 490 valence electrons. The molecule has 82 heavy (non-hydrogen) atoms. The van der Waals surface area contributed by atoms with Crippen LogP contribution in [-0.4, -0.2) is 166 Å². The van der Waals surface area contributed by atoms with Crippen LogP contribution in [0, 0.1) is 0 Å². The van der Waals surface area contributed by atoms with E-state index in [1.54, 1.807) is 124 Å². The van der Waals surface area contributed by atoms with Crippen molar-refractivity contribution in [3.8, 4) is 0 Å². The van der Waals surface area contributed by atoms with Crippen LogP contribution < -0.4 is 0 Å². The van der Waals surface area contributed by atoms with Gasteiger partial charge in [-0.3, -0.25) is 46.6 Å². The Labute approximate surface area is 491 Å². The highest BCUT2D eigenvalue weighted by molar-refractivity contribution is 7.56. The number of esters is 3. The highest BCUT2D eigenvalue weighted by Gasteiger charge is 2.30. The maximum absolute atomic E-state index is 12.1. The van der Waals surface area contributed by atoms with E-state index < -0.39 is 57.5 Å². The number of ether oxygens (including phenoxy) is 3. The second kappa shape index (κ2) is 56.9. The van der Waals surface area contributed by atoms with Crippen molar-refractivity contribution in [2.45, 2.75) is 137 Å². The van der Waals surface area contributed by atoms with Crippen molar-refractivity contribution < 1.29 is 120 Å². The Bertz CT molecular complexity index is 1960. The molecule has 0 radical (unpaired) electrons. The Morgan fingerprint density at radius 1 is 0.354 bits per heavy atom. The fourth-order valence-electron chi connectivity index (χ4n) is 5.50. The summed E-state index contributed by atoms with van der Waals surface area (Å²) in [5.74, 6) is -1.65. The van der Waals surface area contributed by atoms with Crippen molar-refractivity contribution in [2.24, 2.45) is 0 Å². The van der Waals surface area contributed by atoms with Crippen LogP contribution in [0.1, 0.15) is 137 Å². The van der Waals surface area contributed by atoms with Crippen molar-refractivity contribution in [3.05, 3.63) is 24.3 Å². The lowest BCUT2D eigenvalue weighted by molar-refractivity contribution is -0.143. The third-order valence-corrected chi connectivity index (χ3v) is 20.5. The molecule has 0 amide bonds. The predicted octanol–water partition coefficient (Wildman–Crippen LogP) is 13.3. The lowest BCUT2D eigenvalue weighted by Crippen LogP contribution is -2.12. The first kappa shape index (κ1) is 91.3. The molecule has 0 saturated heterocycles. The predicted molar refractivity (Wildman–Crippen MR) is 319 cm³/mol. The summed E-state index contributed by atoms with van der Waals surface area (Å²) in [6, 6.07) is 0. The Morgan fingerprint density at radius 2 is 0.646 bits per heavy atom. The lowest BCUT2D eigenvalue weighted by atomic mass is 10.3. The third kappa shape index (κ3) is 56.0. The maximum Gasteiger partial charge on any atom is 0.341 e. The topological polar surface area (TPSA) is 326 Å². The average molecular weight is 1310 g/mol. The molecule has 0 unspecified atom stereocenters. The number of rotatable bonds is 42. The highest BCUT2D eigenvalue weighted by Crippen LogP contribution is 2.51. The molecule has 0 aromatic rings. The molecular weight excluding hydrogens is 1200 g/mol. The Hall–Kier alpha value is -1.87. The van der Waals surface area contributed by atoms with Gasteiger partial charge in [-0.1, -0.05) is 18.6 Å². The number of carbonyl (C=O) groups is 5. The summed E-state index contributed by atoms with van der Waals surface area (Å²) in [4.78, 5) is 55.0. The van der Waals surface area contributed by atoms with E-state index in [1.165, 1.54) is 13.0 Å². The van der Waals surface area contributed by atoms with Crippen molar-refractivity contribution in [1.82, 2.24) is 0 Å². The fourth-order valence-corrected chi connectivity index (χ4v) is 15.0. The fraction of sp³-hybridized carbons (Fsp3) is 0.820. The molecule has 0 heterocycles. The van der Waals surface area contributed by atoms with Gasteiger partial charge in [-0.2, -0.15) is 0 Å². The van der Waals surface area contributed by atoms with E-state index in [4.69, 9.17) is 63.8 Å². The molecule has 26 nitrogen and oxygen atoms in total. The smallest absolute Gasteiger partial charge is 0.341 e. The van der Waals surface area contributed by atoms with Crippen molar-refractivity contribution in [3.63, 3.8) is 0 Å². The van der Waals surface area contributed by atoms with Crippen LogP contribution in [0.15, 0.2) is 24.3 Å². The molecule has 0 fully saturated rings. The van der Waals surface area contributed by atoms with Crippen molar-refractivity contribution in [2.75, 3.05) is 136 Å². The average Bonchev–Trinajstić information content (AvgIpc) is 3.35. The molecule has 0 spiro atoms. The molecule has 0 aliphatic rings. The second-order valence-electron chi connectivity index (χ2n) is 15.2. The molecule has 0 aromatic carbocycles. The third-order valence-electron chi connectivity index (χ3n) is 8.06. The highest BCUT2D eigenvalue weighted by atomic mass is 31.2. The van der Waals surface area contributed by atoms with Crippen LogP contribution in [0.5, 0.6) is 0 Å². The van der Waals surface area contributed by atoms with Gasteiger partial charge in [-0.05, 0) is 118 Å². The van der Waals surface area contributed by atoms with Gasteiger partial charge in [0.1, 0.15) is 30.1 Å². The number of hydrogen-bond donors (Lipinski definition) is 0. The van der Waals surface area contributed by atoms with Crippen LogP contribution in [0.3, 0.4) is 0 Å². The van der Waals surface area contributed by atoms with Gasteiger partial charge in [0.25, 0.3) is 0 Å². The number of hydrogen-bond acceptors (Lipinski definition) is 26.